The molecule has 1 heterocycles. The van der Waals surface area contributed by atoms with Gasteiger partial charge in [0.25, 0.3) is 17.2 Å². The molecular formula is C25H21ClN4O3S2. The van der Waals surface area contributed by atoms with E-state index in [-0.39, 0.29) is 29.0 Å². The van der Waals surface area contributed by atoms with Crippen molar-refractivity contribution in [2.45, 2.75) is 25.3 Å². The molecule has 0 saturated carbocycles. The first-order valence-corrected chi connectivity index (χ1v) is 13.1. The number of halogens is 1. The Morgan fingerprint density at radius 1 is 1.06 bits per heavy atom. The topological polar surface area (TPSA) is 95.4 Å². The van der Waals surface area contributed by atoms with Gasteiger partial charge in [-0.25, -0.2) is 8.51 Å². The second-order valence-corrected chi connectivity index (χ2v) is 10.0. The normalized spacial score (nSPS) is 13.9. The Labute approximate surface area is 214 Å². The highest BCUT2D eigenvalue weighted by Gasteiger charge is 2.29. The van der Waals surface area contributed by atoms with Crippen LogP contribution >= 0.6 is 23.3 Å². The molecule has 0 spiro atoms. The standard InChI is InChI=1S/C25H21ClN4O3S2/c26-19-10-11-21(25(31)27-20-13-17-8-4-5-9-18(17)14-20)23(15-19)30(35(32)33)24-22(28-34-29-24)12-16-6-2-1-3-7-16/h1-11,15,20H,12-14H2,(H,27,31)(H,32,33). The number of benzene rings is 3. The van der Waals surface area contributed by atoms with Gasteiger partial charge in [-0.15, -0.1) is 0 Å². The van der Waals surface area contributed by atoms with Gasteiger partial charge in [0.05, 0.1) is 23.0 Å². The summed E-state index contributed by atoms with van der Waals surface area (Å²) in [6, 6.07) is 22.3. The number of carbonyl (C=O) groups excluding carboxylic acids is 1. The molecule has 0 aliphatic heterocycles. The van der Waals surface area contributed by atoms with Crippen LogP contribution in [-0.2, 0) is 30.5 Å². The molecule has 2 N–H and O–H groups in total. The molecule has 3 aromatic carbocycles. The number of hydrogen-bond acceptors (Lipinski definition) is 5. The van der Waals surface area contributed by atoms with E-state index in [1.165, 1.54) is 17.2 Å². The van der Waals surface area contributed by atoms with E-state index in [2.05, 4.69) is 26.2 Å². The van der Waals surface area contributed by atoms with Crippen molar-refractivity contribution in [3.63, 3.8) is 0 Å². The number of aromatic nitrogens is 2. The first kappa shape index (κ1) is 23.6. The van der Waals surface area contributed by atoms with E-state index in [4.69, 9.17) is 11.6 Å². The van der Waals surface area contributed by atoms with Crippen LogP contribution in [0.5, 0.6) is 0 Å². The smallest absolute Gasteiger partial charge is 0.268 e. The number of hydrogen-bond donors (Lipinski definition) is 2. The fraction of sp³-hybridized carbons (Fsp3) is 0.160. The van der Waals surface area contributed by atoms with Crippen molar-refractivity contribution >= 4 is 52.0 Å². The number of fused-ring (bicyclic) bond motifs is 1. The summed E-state index contributed by atoms with van der Waals surface area (Å²) in [5.41, 5.74) is 4.36. The van der Waals surface area contributed by atoms with Gasteiger partial charge in [0, 0.05) is 17.5 Å². The lowest BCUT2D eigenvalue weighted by Gasteiger charge is -2.22. The summed E-state index contributed by atoms with van der Waals surface area (Å²) in [5.74, 6) is -0.137. The van der Waals surface area contributed by atoms with E-state index in [1.807, 2.05) is 42.5 Å². The van der Waals surface area contributed by atoms with Gasteiger partial charge in [0.2, 0.25) is 0 Å². The number of nitrogens with one attached hydrogen (secondary N) is 1. The van der Waals surface area contributed by atoms with E-state index >= 15 is 0 Å². The number of rotatable bonds is 7. The molecule has 1 aromatic heterocycles. The van der Waals surface area contributed by atoms with Gasteiger partial charge in [-0.1, -0.05) is 66.2 Å². The van der Waals surface area contributed by atoms with Crippen LogP contribution in [-0.4, -0.2) is 29.5 Å². The van der Waals surface area contributed by atoms with E-state index in [9.17, 15) is 13.6 Å². The van der Waals surface area contributed by atoms with Crippen molar-refractivity contribution < 1.29 is 13.6 Å². The molecule has 1 unspecified atom stereocenters. The number of amides is 1. The van der Waals surface area contributed by atoms with E-state index in [1.54, 1.807) is 12.1 Å². The monoisotopic (exact) mass is 524 g/mol. The van der Waals surface area contributed by atoms with E-state index in [0.717, 1.165) is 34.4 Å². The molecule has 1 amide bonds. The Bertz CT molecular complexity index is 1370. The van der Waals surface area contributed by atoms with Crippen molar-refractivity contribution in [1.29, 1.82) is 0 Å². The Morgan fingerprint density at radius 2 is 1.74 bits per heavy atom. The molecule has 1 aliphatic rings. The minimum Gasteiger partial charge on any atom is -0.349 e. The molecule has 5 rings (SSSR count). The third kappa shape index (κ3) is 5.13. The van der Waals surface area contributed by atoms with Gasteiger partial charge >= 0.3 is 0 Å². The maximum atomic E-state index is 13.4. The molecule has 1 atom stereocenters. The molecule has 1 aliphatic carbocycles. The highest BCUT2D eigenvalue weighted by Crippen LogP contribution is 2.34. The quantitative estimate of drug-likeness (QED) is 0.333. The minimum atomic E-state index is -2.52. The lowest BCUT2D eigenvalue weighted by molar-refractivity contribution is 0.0939. The summed E-state index contributed by atoms with van der Waals surface area (Å²) in [6.45, 7) is 0. The Kier molecular flexibility index (Phi) is 6.92. The summed E-state index contributed by atoms with van der Waals surface area (Å²) in [5, 5.41) is 3.40. The van der Waals surface area contributed by atoms with E-state index < -0.39 is 11.3 Å². The van der Waals surface area contributed by atoms with Crippen molar-refractivity contribution in [3.8, 4) is 0 Å². The zero-order chi connectivity index (χ0) is 24.4. The summed E-state index contributed by atoms with van der Waals surface area (Å²) in [6.07, 6.45) is 1.89. The molecule has 4 aromatic rings. The maximum Gasteiger partial charge on any atom is 0.268 e. The van der Waals surface area contributed by atoms with Crippen LogP contribution in [0.4, 0.5) is 11.5 Å². The third-order valence-corrected chi connectivity index (χ3v) is 7.38. The van der Waals surface area contributed by atoms with Crippen LogP contribution in [0.2, 0.25) is 5.02 Å². The molecular weight excluding hydrogens is 504 g/mol. The van der Waals surface area contributed by atoms with E-state index in [0.29, 0.717) is 17.1 Å². The Balaban J connectivity index is 1.46. The van der Waals surface area contributed by atoms with Gasteiger partial charge in [0.15, 0.2) is 5.82 Å². The van der Waals surface area contributed by atoms with Crippen LogP contribution in [0.1, 0.15) is 32.7 Å². The lowest BCUT2D eigenvalue weighted by Crippen LogP contribution is -2.36. The van der Waals surface area contributed by atoms with Crippen LogP contribution in [0.15, 0.2) is 72.8 Å². The van der Waals surface area contributed by atoms with Gasteiger partial charge < -0.3 is 5.32 Å². The molecule has 0 fully saturated rings. The SMILES string of the molecule is O=C(NC1Cc2ccccc2C1)c1ccc(Cl)cc1N(c1nsnc1Cc1ccccc1)S(=O)O. The summed E-state index contributed by atoms with van der Waals surface area (Å²) >= 11 is 4.68. The molecule has 0 radical (unpaired) electrons. The molecule has 0 bridgehead atoms. The molecule has 7 nitrogen and oxygen atoms in total. The fourth-order valence-corrected chi connectivity index (χ4v) is 5.70. The second kappa shape index (κ2) is 10.2. The average molecular weight is 525 g/mol. The zero-order valence-corrected chi connectivity index (χ0v) is 20.8. The third-order valence-electron chi connectivity index (χ3n) is 5.91. The van der Waals surface area contributed by atoms with Crippen molar-refractivity contribution in [3.05, 3.63) is 106 Å². The van der Waals surface area contributed by atoms with Crippen LogP contribution in [0.25, 0.3) is 0 Å². The average Bonchev–Trinajstić information content (AvgIpc) is 3.46. The summed E-state index contributed by atoms with van der Waals surface area (Å²) in [7, 11) is 0. The van der Waals surface area contributed by atoms with Crippen LogP contribution in [0, 0.1) is 0 Å². The fourth-order valence-electron chi connectivity index (χ4n) is 4.32. The largest absolute Gasteiger partial charge is 0.349 e. The van der Waals surface area contributed by atoms with Crippen molar-refractivity contribution in [2.24, 2.45) is 0 Å². The summed E-state index contributed by atoms with van der Waals surface area (Å²) < 4.78 is 32.6. The first-order valence-electron chi connectivity index (χ1n) is 10.9. The van der Waals surface area contributed by atoms with Gasteiger partial charge in [0.1, 0.15) is 5.69 Å². The predicted octanol–water partition coefficient (Wildman–Crippen LogP) is 4.95. The molecule has 35 heavy (non-hydrogen) atoms. The number of nitrogens with zero attached hydrogens (tertiary/aromatic N) is 3. The number of anilines is 2. The van der Waals surface area contributed by atoms with Crippen LogP contribution < -0.4 is 9.62 Å². The molecule has 10 heteroatoms. The van der Waals surface area contributed by atoms with Gasteiger partial charge in [-0.05, 0) is 47.7 Å². The lowest BCUT2D eigenvalue weighted by atomic mass is 10.1. The molecule has 0 saturated heterocycles. The highest BCUT2D eigenvalue weighted by atomic mass is 35.5. The van der Waals surface area contributed by atoms with Gasteiger partial charge in [-0.2, -0.15) is 8.75 Å². The first-order chi connectivity index (χ1) is 17.0. The van der Waals surface area contributed by atoms with Crippen molar-refractivity contribution in [1.82, 2.24) is 14.1 Å². The second-order valence-electron chi connectivity index (χ2n) is 8.23. The number of carbonyl (C=O) groups is 1. The minimum absolute atomic E-state index is 0.0638. The van der Waals surface area contributed by atoms with Crippen LogP contribution in [0.3, 0.4) is 0 Å². The highest BCUT2D eigenvalue weighted by molar-refractivity contribution is 7.81. The summed E-state index contributed by atoms with van der Waals surface area (Å²) in [4.78, 5) is 13.4. The predicted molar refractivity (Wildman–Crippen MR) is 139 cm³/mol. The maximum absolute atomic E-state index is 13.4. The Morgan fingerprint density at radius 3 is 2.43 bits per heavy atom. The Hall–Kier alpha value is -3.11. The zero-order valence-electron chi connectivity index (χ0n) is 18.4. The molecule has 178 valence electrons. The van der Waals surface area contributed by atoms with Gasteiger partial charge in [-0.3, -0.25) is 9.35 Å². The van der Waals surface area contributed by atoms with Crippen molar-refractivity contribution in [2.75, 3.05) is 4.31 Å².